The summed E-state index contributed by atoms with van der Waals surface area (Å²) in [5.41, 5.74) is 2.86. The Morgan fingerprint density at radius 2 is 1.59 bits per heavy atom. The van der Waals surface area contributed by atoms with Gasteiger partial charge in [0.15, 0.2) is 5.11 Å². The number of benzene rings is 3. The van der Waals surface area contributed by atoms with Gasteiger partial charge in [-0.05, 0) is 42.0 Å². The Balaban J connectivity index is 1.59. The molecule has 1 fully saturated rings. The summed E-state index contributed by atoms with van der Waals surface area (Å²) < 4.78 is 8.26. The smallest absolute Gasteiger partial charge is 0.284 e. The van der Waals surface area contributed by atoms with E-state index < -0.39 is 0 Å². The minimum Gasteiger partial charge on any atom is -0.497 e. The predicted octanol–water partition coefficient (Wildman–Crippen LogP) is 3.65. The van der Waals surface area contributed by atoms with Gasteiger partial charge in [-0.25, -0.2) is 0 Å². The van der Waals surface area contributed by atoms with Crippen LogP contribution in [0.1, 0.15) is 5.56 Å². The lowest BCUT2D eigenvalue weighted by molar-refractivity contribution is -0.112. The number of methoxy groups -OCH3 is 1. The van der Waals surface area contributed by atoms with Gasteiger partial charge in [-0.1, -0.05) is 60.3 Å². The van der Waals surface area contributed by atoms with Crippen LogP contribution in [-0.4, -0.2) is 41.7 Å². The van der Waals surface area contributed by atoms with Crippen LogP contribution in [0.5, 0.6) is 5.75 Å². The number of likely N-dealkylation sites (N-methyl/N-ethyl adjacent to an activating group) is 1. The standard InChI is InChI=1S/C29H24N4O3S3/c1-30-21-16-20(36-3)14-15-22(21)38-28(30)24-26(35)32(17-18-10-6-4-7-11-18)27(39-24)23-25(34)33(29(37)31(23)2)19-12-8-5-9-13-19/h4-16H,17H2,1-3H3/b27-23?,28-24-. The van der Waals surface area contributed by atoms with Crippen molar-refractivity contribution in [3.63, 3.8) is 0 Å². The van der Waals surface area contributed by atoms with E-state index in [2.05, 4.69) is 0 Å². The summed E-state index contributed by atoms with van der Waals surface area (Å²) in [7, 11) is 5.36. The van der Waals surface area contributed by atoms with Gasteiger partial charge in [0.1, 0.15) is 25.7 Å². The summed E-state index contributed by atoms with van der Waals surface area (Å²) in [6.07, 6.45) is 0. The van der Waals surface area contributed by atoms with E-state index in [4.69, 9.17) is 17.0 Å². The molecule has 2 aliphatic heterocycles. The van der Waals surface area contributed by atoms with Crippen LogP contribution in [0.25, 0.3) is 10.7 Å². The van der Waals surface area contributed by atoms with Gasteiger partial charge in [-0.15, -0.1) is 11.3 Å². The molecule has 0 radical (unpaired) electrons. The van der Waals surface area contributed by atoms with Gasteiger partial charge < -0.3 is 14.5 Å². The van der Waals surface area contributed by atoms with Crippen molar-refractivity contribution in [2.45, 2.75) is 11.4 Å². The summed E-state index contributed by atoms with van der Waals surface area (Å²) in [4.78, 5) is 34.3. The Bertz CT molecular complexity index is 1800. The van der Waals surface area contributed by atoms with Crippen LogP contribution in [0.15, 0.2) is 88.6 Å². The molecule has 4 aromatic rings. The number of amides is 1. The van der Waals surface area contributed by atoms with E-state index in [9.17, 15) is 9.59 Å². The topological polar surface area (TPSA) is 58.0 Å². The third-order valence-electron chi connectivity index (χ3n) is 6.74. The number of thioether (sulfide) groups is 1. The zero-order valence-electron chi connectivity index (χ0n) is 21.5. The molecule has 39 heavy (non-hydrogen) atoms. The number of thiazole rings is 1. The van der Waals surface area contributed by atoms with Crippen LogP contribution in [0.2, 0.25) is 0 Å². The Morgan fingerprint density at radius 3 is 2.28 bits per heavy atom. The fourth-order valence-electron chi connectivity index (χ4n) is 4.71. The number of aromatic nitrogens is 1. The quantitative estimate of drug-likeness (QED) is 0.346. The Hall–Kier alpha value is -3.86. The number of carbonyl (C=O) groups is 1. The number of ether oxygens (including phenoxy) is 1. The van der Waals surface area contributed by atoms with Crippen molar-refractivity contribution in [3.8, 4) is 5.75 Å². The molecule has 0 N–H and O–H groups in total. The van der Waals surface area contributed by atoms with E-state index in [1.54, 1.807) is 35.4 Å². The molecule has 196 valence electrons. The van der Waals surface area contributed by atoms with Crippen LogP contribution in [0, 0.1) is 0 Å². The van der Waals surface area contributed by atoms with Crippen molar-refractivity contribution in [1.82, 2.24) is 9.47 Å². The van der Waals surface area contributed by atoms with Crippen LogP contribution >= 0.6 is 35.3 Å². The molecule has 3 heterocycles. The summed E-state index contributed by atoms with van der Waals surface area (Å²) >= 11 is 8.57. The first-order valence-corrected chi connectivity index (χ1v) is 14.2. The number of nitrogens with zero attached hydrogens (tertiary/aromatic N) is 4. The second-order valence-corrected chi connectivity index (χ2v) is 11.5. The van der Waals surface area contributed by atoms with Crippen molar-refractivity contribution in [2.75, 3.05) is 31.0 Å². The second-order valence-electron chi connectivity index (χ2n) is 9.08. The molecule has 1 saturated heterocycles. The van der Waals surface area contributed by atoms with Crippen molar-refractivity contribution in [2.24, 2.45) is 0 Å². The largest absolute Gasteiger partial charge is 0.497 e. The molecule has 0 saturated carbocycles. The molecule has 0 bridgehead atoms. The van der Waals surface area contributed by atoms with Gasteiger partial charge in [0.25, 0.3) is 11.5 Å². The maximum absolute atomic E-state index is 14.1. The van der Waals surface area contributed by atoms with Gasteiger partial charge in [-0.3, -0.25) is 19.1 Å². The summed E-state index contributed by atoms with van der Waals surface area (Å²) in [5.74, 6) is 0.493. The number of hydrogen-bond donors (Lipinski definition) is 0. The van der Waals surface area contributed by atoms with Gasteiger partial charge in [0.05, 0.1) is 25.0 Å². The fraction of sp³-hybridized carbons (Fsp3) is 0.138. The SMILES string of the molecule is COc1ccc2c(c1)N(C)/C(=c1/sc(=C3C(=O)N(c4ccccc4)C(=S)N3C)n(Cc3ccccc3)c1=O)S2. The Labute approximate surface area is 238 Å². The molecule has 0 aliphatic carbocycles. The number of anilines is 2. The number of hydrogen-bond acceptors (Lipinski definition) is 7. The lowest BCUT2D eigenvalue weighted by atomic mass is 10.2. The lowest BCUT2D eigenvalue weighted by Gasteiger charge is -2.16. The highest BCUT2D eigenvalue weighted by Gasteiger charge is 2.39. The van der Waals surface area contributed by atoms with E-state index in [0.29, 0.717) is 32.2 Å². The minimum absolute atomic E-state index is 0.147. The molecule has 0 unspecified atom stereocenters. The first-order chi connectivity index (χ1) is 18.9. The fourth-order valence-corrected chi connectivity index (χ4v) is 7.49. The molecule has 7 nitrogen and oxygen atoms in total. The van der Waals surface area contributed by atoms with Crippen molar-refractivity contribution in [1.29, 1.82) is 0 Å². The molecule has 1 aromatic heterocycles. The highest BCUT2D eigenvalue weighted by molar-refractivity contribution is 8.08. The first-order valence-electron chi connectivity index (χ1n) is 12.2. The van der Waals surface area contributed by atoms with E-state index in [0.717, 1.165) is 26.9 Å². The van der Waals surface area contributed by atoms with Crippen molar-refractivity contribution in [3.05, 3.63) is 104 Å². The average Bonchev–Trinajstić information content (AvgIpc) is 3.53. The third-order valence-corrected chi connectivity index (χ3v) is 9.74. The van der Waals surface area contributed by atoms with Crippen molar-refractivity contribution < 1.29 is 9.53 Å². The van der Waals surface area contributed by atoms with Crippen LogP contribution < -0.4 is 29.3 Å². The first kappa shape index (κ1) is 25.4. The summed E-state index contributed by atoms with van der Waals surface area (Å²) in [5, 5.41) is 1.19. The maximum atomic E-state index is 14.1. The number of fused-ring (bicyclic) bond motifs is 1. The molecular weight excluding hydrogens is 549 g/mol. The van der Waals surface area contributed by atoms with E-state index in [-0.39, 0.29) is 11.5 Å². The van der Waals surface area contributed by atoms with E-state index in [1.807, 2.05) is 90.8 Å². The molecular formula is C29H24N4O3S3. The normalized spacial score (nSPS) is 17.8. The third kappa shape index (κ3) is 4.25. The number of carbonyl (C=O) groups excluding carboxylic acids is 1. The van der Waals surface area contributed by atoms with E-state index >= 15 is 0 Å². The zero-order valence-corrected chi connectivity index (χ0v) is 23.9. The predicted molar refractivity (Wildman–Crippen MR) is 162 cm³/mol. The van der Waals surface area contributed by atoms with Gasteiger partial charge in [-0.2, -0.15) is 0 Å². The highest BCUT2D eigenvalue weighted by atomic mass is 32.2. The Kier molecular flexibility index (Phi) is 6.54. The van der Waals surface area contributed by atoms with E-state index in [1.165, 1.54) is 16.2 Å². The van der Waals surface area contributed by atoms with Gasteiger partial charge in [0, 0.05) is 25.1 Å². The maximum Gasteiger partial charge on any atom is 0.284 e. The molecule has 0 atom stereocenters. The lowest BCUT2D eigenvalue weighted by Crippen LogP contribution is -2.36. The molecule has 10 heteroatoms. The molecule has 0 spiro atoms. The molecule has 2 aliphatic rings. The summed E-state index contributed by atoms with van der Waals surface area (Å²) in [6, 6.07) is 25.0. The van der Waals surface area contributed by atoms with Crippen LogP contribution in [0.4, 0.5) is 11.4 Å². The summed E-state index contributed by atoms with van der Waals surface area (Å²) in [6.45, 7) is 0.330. The number of thiocarbonyl (C=S) groups is 1. The molecule has 3 aromatic carbocycles. The number of para-hydroxylation sites is 1. The second kappa shape index (κ2) is 10.0. The van der Waals surface area contributed by atoms with Crippen LogP contribution in [0.3, 0.4) is 0 Å². The van der Waals surface area contributed by atoms with Crippen LogP contribution in [-0.2, 0) is 11.3 Å². The average molecular weight is 573 g/mol. The zero-order chi connectivity index (χ0) is 27.3. The van der Waals surface area contributed by atoms with Gasteiger partial charge >= 0.3 is 0 Å². The monoisotopic (exact) mass is 572 g/mol. The Morgan fingerprint density at radius 1 is 0.897 bits per heavy atom. The molecule has 6 rings (SSSR count). The molecule has 1 amide bonds. The van der Waals surface area contributed by atoms with Gasteiger partial charge in [0.2, 0.25) is 0 Å². The van der Waals surface area contributed by atoms with Crippen molar-refractivity contribution >= 4 is 68.4 Å². The number of rotatable bonds is 4. The highest BCUT2D eigenvalue weighted by Crippen LogP contribution is 2.46. The minimum atomic E-state index is -0.256.